The summed E-state index contributed by atoms with van der Waals surface area (Å²) in [5.74, 6) is -0.699. The first-order valence-corrected chi connectivity index (χ1v) is 21.2. The normalized spacial score (nSPS) is 16.6. The quantitative estimate of drug-likeness (QED) is 0.118. The van der Waals surface area contributed by atoms with Gasteiger partial charge in [-0.3, -0.25) is 0 Å². The first kappa shape index (κ1) is 28.3. The van der Waals surface area contributed by atoms with Crippen LogP contribution in [0.5, 0.6) is 0 Å². The van der Waals surface area contributed by atoms with Gasteiger partial charge in [0.2, 0.25) is 5.71 Å². The Hall–Kier alpha value is -4.22. The third-order valence-electron chi connectivity index (χ3n) is 9.08. The minimum atomic E-state index is -1.67. The van der Waals surface area contributed by atoms with Crippen LogP contribution in [-0.4, -0.2) is 23.0 Å². The van der Waals surface area contributed by atoms with Crippen LogP contribution in [-0.2, 0) is 26.5 Å². The van der Waals surface area contributed by atoms with Crippen molar-refractivity contribution >= 4 is 35.3 Å². The summed E-state index contributed by atoms with van der Waals surface area (Å²) in [7, 11) is -1.67. The van der Waals surface area contributed by atoms with Crippen LogP contribution in [0.25, 0.3) is 55.8 Å². The molecule has 52 heavy (non-hydrogen) atoms. The molecule has 4 nitrogen and oxygen atoms in total. The number of pyridine rings is 3. The van der Waals surface area contributed by atoms with Gasteiger partial charge < -0.3 is 14.4 Å². The van der Waals surface area contributed by atoms with Crippen LogP contribution >= 0.6 is 0 Å². The number of nitrogens with zero attached hydrogens (tertiary/aromatic N) is 3. The Morgan fingerprint density at radius 3 is 2.42 bits per heavy atom. The number of aromatic nitrogens is 3. The molecule has 8 rings (SSSR count). The molecule has 7 aromatic rings. The third kappa shape index (κ3) is 8.52. The molecular formula is C46H47IrN3OSi-2. The number of hydrogen-bond acceptors (Lipinski definition) is 4. The van der Waals surface area contributed by atoms with Crippen LogP contribution in [0.15, 0.2) is 114 Å². The van der Waals surface area contributed by atoms with Gasteiger partial charge in [-0.2, -0.15) is 0 Å². The maximum atomic E-state index is 9.01. The van der Waals surface area contributed by atoms with Crippen molar-refractivity contribution < 1.29 is 35.5 Å². The van der Waals surface area contributed by atoms with Crippen molar-refractivity contribution in [2.45, 2.75) is 77.9 Å². The average molecular weight is 886 g/mol. The molecule has 0 atom stereocenters. The third-order valence-corrected chi connectivity index (χ3v) is 11.1. The van der Waals surface area contributed by atoms with Gasteiger partial charge in [0.15, 0.2) is 0 Å². The molecular weight excluding hydrogens is 831 g/mol. The minimum absolute atomic E-state index is 0. The molecule has 1 aliphatic carbocycles. The summed E-state index contributed by atoms with van der Waals surface area (Å²) >= 11 is 0. The molecule has 4 heterocycles. The number of benzene rings is 3. The molecule has 0 bridgehead atoms. The zero-order chi connectivity index (χ0) is 42.4. The van der Waals surface area contributed by atoms with E-state index in [1.165, 1.54) is 6.42 Å². The van der Waals surface area contributed by atoms with Crippen LogP contribution in [0.2, 0.25) is 19.6 Å². The summed E-state index contributed by atoms with van der Waals surface area (Å²) in [6.07, 6.45) is 7.20. The molecule has 6 heteroatoms. The molecule has 1 aliphatic rings. The average Bonchev–Trinajstić information content (AvgIpc) is 3.61. The number of furan rings is 1. The van der Waals surface area contributed by atoms with Gasteiger partial charge in [-0.1, -0.05) is 117 Å². The fourth-order valence-electron chi connectivity index (χ4n) is 6.57. The number of rotatable bonds is 7. The van der Waals surface area contributed by atoms with Crippen LogP contribution in [0.1, 0.15) is 73.9 Å². The van der Waals surface area contributed by atoms with Crippen molar-refractivity contribution in [3.8, 4) is 33.8 Å². The van der Waals surface area contributed by atoms with Gasteiger partial charge in [0.05, 0.1) is 26.2 Å². The zero-order valence-corrected chi connectivity index (χ0v) is 33.6. The molecule has 0 amide bonds. The first-order valence-electron chi connectivity index (χ1n) is 21.7. The van der Waals surface area contributed by atoms with E-state index >= 15 is 0 Å². The molecule has 4 aromatic heterocycles. The second-order valence-electron chi connectivity index (χ2n) is 14.3. The first-order chi connectivity index (χ1) is 27.9. The summed E-state index contributed by atoms with van der Waals surface area (Å²) in [5.41, 5.74) is 5.89. The molecule has 0 spiro atoms. The summed E-state index contributed by atoms with van der Waals surface area (Å²) < 4.78 is 72.7. The van der Waals surface area contributed by atoms with Crippen LogP contribution in [0, 0.1) is 18.1 Å². The van der Waals surface area contributed by atoms with E-state index < -0.39 is 38.5 Å². The van der Waals surface area contributed by atoms with Crippen molar-refractivity contribution in [1.82, 2.24) is 15.0 Å². The molecule has 1 radical (unpaired) electrons. The fraction of sp³-hybridized carbons (Fsp3) is 0.283. The minimum Gasteiger partial charge on any atom is -0.486 e. The van der Waals surface area contributed by atoms with E-state index in [0.29, 0.717) is 22.6 Å². The molecule has 0 aliphatic heterocycles. The van der Waals surface area contributed by atoms with Gasteiger partial charge in [0.25, 0.3) is 0 Å². The summed E-state index contributed by atoms with van der Waals surface area (Å²) in [6.45, 7) is 10.6. The van der Waals surface area contributed by atoms with Crippen molar-refractivity contribution in [1.29, 1.82) is 0 Å². The van der Waals surface area contributed by atoms with Gasteiger partial charge in [-0.15, -0.1) is 54.1 Å². The molecule has 1 saturated carbocycles. The van der Waals surface area contributed by atoms with E-state index in [9.17, 15) is 0 Å². The zero-order valence-electron chi connectivity index (χ0n) is 38.2. The Labute approximate surface area is 334 Å². The van der Waals surface area contributed by atoms with E-state index in [4.69, 9.17) is 15.4 Å². The molecule has 1 fully saturated rings. The van der Waals surface area contributed by atoms with Gasteiger partial charge in [-0.25, -0.2) is 4.98 Å². The summed E-state index contributed by atoms with van der Waals surface area (Å²) in [4.78, 5) is 13.7. The largest absolute Gasteiger partial charge is 0.486 e. The number of fused-ring (bicyclic) bond motifs is 3. The van der Waals surface area contributed by atoms with E-state index in [1.54, 1.807) is 18.3 Å². The Kier molecular flexibility index (Phi) is 9.05. The maximum absolute atomic E-state index is 9.01. The van der Waals surface area contributed by atoms with Crippen molar-refractivity contribution in [2.24, 2.45) is 5.92 Å². The Morgan fingerprint density at radius 1 is 0.885 bits per heavy atom. The Balaban J connectivity index is 0.000000226. The monoisotopic (exact) mass is 886 g/mol. The summed E-state index contributed by atoms with van der Waals surface area (Å²) in [5, 5.41) is 2.65. The molecule has 3 aromatic carbocycles. The van der Waals surface area contributed by atoms with Gasteiger partial charge >= 0.3 is 0 Å². The number of hydrogen-bond donors (Lipinski definition) is 0. The predicted octanol–water partition coefficient (Wildman–Crippen LogP) is 11.8. The van der Waals surface area contributed by atoms with Gasteiger partial charge in [0, 0.05) is 47.6 Å². The van der Waals surface area contributed by atoms with E-state index in [0.717, 1.165) is 64.0 Å². The van der Waals surface area contributed by atoms with Gasteiger partial charge in [-0.05, 0) is 65.8 Å². The summed E-state index contributed by atoms with van der Waals surface area (Å²) in [6, 6.07) is 25.2. The Bertz CT molecular complexity index is 2650. The van der Waals surface area contributed by atoms with Crippen LogP contribution < -0.4 is 5.19 Å². The SMILES string of the molecule is [2H]C([2H])(c1cc(-c2[c-]cccc2)ncc1[Si](C)(C)C)C(C)C.[2H]c1c([2H])c([2H])c(-c2ccc3c(n2)oc2c(-c4cc(C5([2H])CCCCC5)ccn4)[c-]ccc23)c([2H])c1[2H].[Ir]. The van der Waals surface area contributed by atoms with Crippen LogP contribution in [0.4, 0.5) is 0 Å². The molecule has 0 unspecified atom stereocenters. The fourth-order valence-corrected chi connectivity index (χ4v) is 7.97. The van der Waals surface area contributed by atoms with Crippen molar-refractivity contribution in [2.75, 3.05) is 0 Å². The predicted molar refractivity (Wildman–Crippen MR) is 215 cm³/mol. The second kappa shape index (κ2) is 16.6. The molecule has 0 saturated heterocycles. The van der Waals surface area contributed by atoms with E-state index in [-0.39, 0.29) is 49.4 Å². The van der Waals surface area contributed by atoms with E-state index in [2.05, 4.69) is 46.7 Å². The second-order valence-corrected chi connectivity index (χ2v) is 19.3. The standard InChI is InChI=1S/C28H23N2O.C18H24NSi.Ir/c1-3-8-19(9-4-1)21-16-17-29-26(18-21)24-13-7-12-22-23-14-15-25(20-10-5-2-6-11-20)30-28(23)31-27(22)24;1-14(2)11-16-12-17(15-9-7-6-8-10-15)19-13-18(16)20(3,4)5;/h2,5-7,10-12,14-19H,1,3-4,8-9H2;6-9,12-14H,11H2,1-5H3;/q2*-1;/i2D,5D,6D,10D,11D,19D;11D2;. The Morgan fingerprint density at radius 2 is 1.69 bits per heavy atom. The maximum Gasteiger partial charge on any atom is 0.216 e. The molecule has 0 N–H and O–H groups in total. The van der Waals surface area contributed by atoms with Gasteiger partial charge in [0.1, 0.15) is 0 Å². The van der Waals surface area contributed by atoms with Crippen molar-refractivity contribution in [3.05, 3.63) is 133 Å². The smallest absolute Gasteiger partial charge is 0.216 e. The topological polar surface area (TPSA) is 51.8 Å². The van der Waals surface area contributed by atoms with Crippen LogP contribution in [0.3, 0.4) is 0 Å². The van der Waals surface area contributed by atoms with E-state index in [1.807, 2.05) is 74.6 Å². The molecule has 267 valence electrons. The van der Waals surface area contributed by atoms with Crippen molar-refractivity contribution in [3.63, 3.8) is 0 Å².